The molecule has 7 nitrogen and oxygen atoms in total. The minimum Gasteiger partial charge on any atom is -0.338 e. The number of carbonyl (C=O) groups is 2. The van der Waals surface area contributed by atoms with Gasteiger partial charge in [-0.1, -0.05) is 61.4 Å². The van der Waals surface area contributed by atoms with Crippen LogP contribution in [0.1, 0.15) is 44.2 Å². The summed E-state index contributed by atoms with van der Waals surface area (Å²) < 4.78 is 0. The molecule has 0 spiro atoms. The van der Waals surface area contributed by atoms with Gasteiger partial charge >= 0.3 is 6.03 Å². The molecule has 2 aliphatic rings. The number of unbranched alkanes of at least 4 members (excludes halogenated alkanes) is 1. The maximum Gasteiger partial charge on any atom is 0.317 e. The maximum atomic E-state index is 13.5. The Balaban J connectivity index is 1.45. The lowest BCUT2D eigenvalue weighted by Crippen LogP contribution is -2.42. The average molecular weight is 462 g/mol. The molecule has 2 aromatic carbocycles. The first-order chi connectivity index (χ1) is 16.3. The number of nitrogens with zero attached hydrogens (tertiary/aromatic N) is 2. The predicted octanol–water partition coefficient (Wildman–Crippen LogP) is 4.08. The summed E-state index contributed by atoms with van der Waals surface area (Å²) in [5.74, 6) is 0.160. The van der Waals surface area contributed by atoms with Crippen LogP contribution in [0.2, 0.25) is 0 Å². The molecule has 1 unspecified atom stereocenters. The molecule has 2 heterocycles. The Morgan fingerprint density at radius 2 is 1.94 bits per heavy atom. The minimum atomic E-state index is -0.993. The van der Waals surface area contributed by atoms with E-state index in [1.807, 2.05) is 42.2 Å². The smallest absolute Gasteiger partial charge is 0.317 e. The highest BCUT2D eigenvalue weighted by molar-refractivity contribution is 6.08. The van der Waals surface area contributed by atoms with E-state index in [0.717, 1.165) is 36.0 Å². The van der Waals surface area contributed by atoms with Crippen molar-refractivity contribution in [3.8, 4) is 11.1 Å². The molecule has 0 radical (unpaired) electrons. The van der Waals surface area contributed by atoms with Crippen molar-refractivity contribution in [1.82, 2.24) is 20.4 Å². The van der Waals surface area contributed by atoms with Crippen LogP contribution in [-0.2, 0) is 10.3 Å². The minimum absolute atomic E-state index is 0.0327. The van der Waals surface area contributed by atoms with E-state index in [1.54, 1.807) is 4.90 Å². The molecule has 2 fully saturated rings. The van der Waals surface area contributed by atoms with Gasteiger partial charge in [0.15, 0.2) is 5.96 Å². The number of nitrogens with one attached hydrogen (secondary N) is 3. The molecule has 0 saturated carbocycles. The fraction of sp³-hybridized carbons (Fsp3) is 0.444. The number of benzene rings is 2. The van der Waals surface area contributed by atoms with Crippen molar-refractivity contribution >= 4 is 17.9 Å². The zero-order chi connectivity index (χ0) is 24.3. The van der Waals surface area contributed by atoms with E-state index in [4.69, 9.17) is 5.41 Å². The number of rotatable bonds is 7. The van der Waals surface area contributed by atoms with Gasteiger partial charge in [-0.15, -0.1) is 0 Å². The summed E-state index contributed by atoms with van der Waals surface area (Å²) in [5.41, 5.74) is 3.18. The summed E-state index contributed by atoms with van der Waals surface area (Å²) in [7, 11) is 0. The third-order valence-electron chi connectivity index (χ3n) is 6.92. The van der Waals surface area contributed by atoms with Crippen LogP contribution in [0.5, 0.6) is 0 Å². The summed E-state index contributed by atoms with van der Waals surface area (Å²) in [5, 5.41) is 14.6. The third kappa shape index (κ3) is 4.79. The lowest BCUT2D eigenvalue weighted by atomic mass is 9.89. The van der Waals surface area contributed by atoms with Crippen LogP contribution in [0.4, 0.5) is 4.79 Å². The molecule has 0 bridgehead atoms. The van der Waals surface area contributed by atoms with Crippen LogP contribution in [0.3, 0.4) is 0 Å². The Labute approximate surface area is 202 Å². The van der Waals surface area contributed by atoms with E-state index < -0.39 is 5.54 Å². The summed E-state index contributed by atoms with van der Waals surface area (Å²) >= 11 is 0. The molecule has 0 aromatic heterocycles. The topological polar surface area (TPSA) is 88.5 Å². The fourth-order valence-electron chi connectivity index (χ4n) is 4.84. The number of likely N-dealkylation sites (tertiary alicyclic amines) is 1. The van der Waals surface area contributed by atoms with Crippen molar-refractivity contribution < 1.29 is 9.59 Å². The normalized spacial score (nSPS) is 22.3. The van der Waals surface area contributed by atoms with Crippen molar-refractivity contribution in [3.05, 3.63) is 59.7 Å². The van der Waals surface area contributed by atoms with E-state index >= 15 is 0 Å². The van der Waals surface area contributed by atoms with Crippen LogP contribution >= 0.6 is 0 Å². The number of hydrogen-bond donors (Lipinski definition) is 3. The monoisotopic (exact) mass is 461 g/mol. The molecule has 180 valence electrons. The first-order valence-electron chi connectivity index (χ1n) is 12.2. The molecular formula is C27H35N5O2. The highest BCUT2D eigenvalue weighted by atomic mass is 16.2. The Hall–Kier alpha value is -3.35. The molecular weight excluding hydrogens is 426 g/mol. The van der Waals surface area contributed by atoms with Crippen LogP contribution in [0.25, 0.3) is 11.1 Å². The molecule has 2 aromatic rings. The van der Waals surface area contributed by atoms with E-state index in [-0.39, 0.29) is 23.8 Å². The van der Waals surface area contributed by atoms with Gasteiger partial charge in [0.25, 0.3) is 5.91 Å². The molecule has 34 heavy (non-hydrogen) atoms. The average Bonchev–Trinajstić information content (AvgIpc) is 3.38. The second kappa shape index (κ2) is 9.87. The summed E-state index contributed by atoms with van der Waals surface area (Å²) in [4.78, 5) is 29.3. The SMILES string of the molecule is CCCCNC(=O)N1CC[C@H](CN2C(=N)NC(C)(c3cccc(-c4cccc(C)c4)c3)C2=O)C1. The van der Waals surface area contributed by atoms with Crippen LogP contribution in [-0.4, -0.2) is 53.9 Å². The van der Waals surface area contributed by atoms with E-state index in [9.17, 15) is 9.59 Å². The van der Waals surface area contributed by atoms with Gasteiger partial charge in [-0.05, 0) is 55.4 Å². The van der Waals surface area contributed by atoms with Gasteiger partial charge in [0.1, 0.15) is 5.54 Å². The highest BCUT2D eigenvalue weighted by Crippen LogP contribution is 2.32. The molecule has 4 rings (SSSR count). The standard InChI is InChI=1S/C27H35N5O2/c1-4-5-13-29-26(34)31-14-12-20(17-31)18-32-24(33)27(3,30-25(32)28)23-11-7-10-22(16-23)21-9-6-8-19(2)15-21/h6-11,15-16,20H,4-5,12-14,17-18H2,1-3H3,(H2,28,30)(H,29,34)/t20-,27?/m0/s1. The van der Waals surface area contributed by atoms with Gasteiger partial charge in [-0.3, -0.25) is 15.1 Å². The Morgan fingerprint density at radius 3 is 2.68 bits per heavy atom. The predicted molar refractivity (Wildman–Crippen MR) is 135 cm³/mol. The molecule has 3 N–H and O–H groups in total. The molecule has 7 heteroatoms. The highest BCUT2D eigenvalue weighted by Gasteiger charge is 2.48. The van der Waals surface area contributed by atoms with E-state index in [1.165, 1.54) is 5.56 Å². The van der Waals surface area contributed by atoms with E-state index in [0.29, 0.717) is 26.2 Å². The molecule has 3 amide bonds. The molecule has 0 aliphatic carbocycles. The summed E-state index contributed by atoms with van der Waals surface area (Å²) in [6, 6.07) is 16.2. The van der Waals surface area contributed by atoms with Crippen molar-refractivity contribution in [2.45, 2.75) is 45.6 Å². The van der Waals surface area contributed by atoms with Crippen LogP contribution in [0, 0.1) is 18.3 Å². The second-order valence-electron chi connectivity index (χ2n) is 9.65. The lowest BCUT2D eigenvalue weighted by molar-refractivity contribution is -0.131. The first kappa shape index (κ1) is 23.8. The molecule has 2 aliphatic heterocycles. The number of hydrogen-bond acceptors (Lipinski definition) is 3. The van der Waals surface area contributed by atoms with Crippen molar-refractivity contribution in [3.63, 3.8) is 0 Å². The van der Waals surface area contributed by atoms with Gasteiger partial charge in [0, 0.05) is 26.2 Å². The number of urea groups is 1. The zero-order valence-corrected chi connectivity index (χ0v) is 20.4. The van der Waals surface area contributed by atoms with Gasteiger partial charge in [0.2, 0.25) is 0 Å². The Kier molecular flexibility index (Phi) is 6.91. The summed E-state index contributed by atoms with van der Waals surface area (Å²) in [6.07, 6.45) is 2.84. The lowest BCUT2D eigenvalue weighted by Gasteiger charge is -2.24. The Bertz CT molecular complexity index is 1080. The number of guanidine groups is 1. The largest absolute Gasteiger partial charge is 0.338 e. The summed E-state index contributed by atoms with van der Waals surface area (Å²) in [6.45, 7) is 8.43. The number of carbonyl (C=O) groups excluding carboxylic acids is 2. The van der Waals surface area contributed by atoms with Crippen LogP contribution < -0.4 is 10.6 Å². The molecule has 2 saturated heterocycles. The zero-order valence-electron chi connectivity index (χ0n) is 20.4. The third-order valence-corrected chi connectivity index (χ3v) is 6.92. The van der Waals surface area contributed by atoms with Crippen LogP contribution in [0.15, 0.2) is 48.5 Å². The van der Waals surface area contributed by atoms with Gasteiger partial charge in [0.05, 0.1) is 0 Å². The van der Waals surface area contributed by atoms with Gasteiger partial charge in [-0.25, -0.2) is 4.79 Å². The van der Waals surface area contributed by atoms with Crippen molar-refractivity contribution in [2.75, 3.05) is 26.2 Å². The Morgan fingerprint density at radius 1 is 1.21 bits per heavy atom. The van der Waals surface area contributed by atoms with Gasteiger partial charge < -0.3 is 15.5 Å². The van der Waals surface area contributed by atoms with E-state index in [2.05, 4.69) is 42.7 Å². The molecule has 2 atom stereocenters. The maximum absolute atomic E-state index is 13.5. The van der Waals surface area contributed by atoms with Crippen molar-refractivity contribution in [2.24, 2.45) is 5.92 Å². The number of aryl methyl sites for hydroxylation is 1. The quantitative estimate of drug-likeness (QED) is 0.543. The van der Waals surface area contributed by atoms with Gasteiger partial charge in [-0.2, -0.15) is 0 Å². The fourth-order valence-corrected chi connectivity index (χ4v) is 4.84. The second-order valence-corrected chi connectivity index (χ2v) is 9.65. The first-order valence-corrected chi connectivity index (χ1v) is 12.2. The number of amides is 3. The van der Waals surface area contributed by atoms with Crippen molar-refractivity contribution in [1.29, 1.82) is 5.41 Å².